The summed E-state index contributed by atoms with van der Waals surface area (Å²) < 4.78 is 1.60. The van der Waals surface area contributed by atoms with Crippen molar-refractivity contribution < 1.29 is 0 Å². The fourth-order valence-corrected chi connectivity index (χ4v) is 2.00. The average molecular weight is 230 g/mol. The molecule has 0 amide bonds. The van der Waals surface area contributed by atoms with Crippen LogP contribution in [0.2, 0.25) is 10.3 Å². The van der Waals surface area contributed by atoms with Gasteiger partial charge in [-0.05, 0) is 6.42 Å². The molecule has 0 fully saturated rings. The minimum Gasteiger partial charge on any atom is -0.216 e. The summed E-state index contributed by atoms with van der Waals surface area (Å²) in [6.07, 6.45) is 3.45. The second-order valence-corrected chi connectivity index (χ2v) is 3.74. The number of aromatic nitrogens is 3. The number of hydrogen-bond donors (Lipinski definition) is 0. The summed E-state index contributed by atoms with van der Waals surface area (Å²) in [5.74, 6) is 0. The molecule has 0 aromatic carbocycles. The van der Waals surface area contributed by atoms with Crippen molar-refractivity contribution in [1.29, 1.82) is 0 Å². The van der Waals surface area contributed by atoms with E-state index in [0.29, 0.717) is 16.0 Å². The molecule has 0 saturated carbocycles. The van der Waals surface area contributed by atoms with Crippen molar-refractivity contribution in [3.63, 3.8) is 0 Å². The lowest BCUT2D eigenvalue weighted by Gasteiger charge is -2.06. The molecular formula is C9H9Cl2N3. The van der Waals surface area contributed by atoms with Crippen LogP contribution in [0.15, 0.2) is 12.3 Å². The monoisotopic (exact) mass is 229 g/mol. The van der Waals surface area contributed by atoms with Crippen molar-refractivity contribution in [3.05, 3.63) is 28.1 Å². The van der Waals surface area contributed by atoms with Crippen molar-refractivity contribution >= 4 is 28.8 Å². The second kappa shape index (κ2) is 3.75. The molecule has 0 aliphatic rings. The Morgan fingerprint density at radius 1 is 1.43 bits per heavy atom. The van der Waals surface area contributed by atoms with Crippen molar-refractivity contribution in [2.45, 2.75) is 19.8 Å². The van der Waals surface area contributed by atoms with Crippen LogP contribution in [0.4, 0.5) is 0 Å². The highest BCUT2D eigenvalue weighted by Crippen LogP contribution is 2.24. The summed E-state index contributed by atoms with van der Waals surface area (Å²) in [5.41, 5.74) is 1.55. The predicted molar refractivity (Wildman–Crippen MR) is 57.0 cm³/mol. The van der Waals surface area contributed by atoms with Gasteiger partial charge in [0.25, 0.3) is 0 Å². The van der Waals surface area contributed by atoms with Crippen LogP contribution < -0.4 is 0 Å². The highest BCUT2D eigenvalue weighted by atomic mass is 35.5. The Hall–Kier alpha value is -0.800. The fraction of sp³-hybridized carbons (Fsp3) is 0.333. The molecule has 2 aromatic heterocycles. The zero-order chi connectivity index (χ0) is 10.1. The summed E-state index contributed by atoms with van der Waals surface area (Å²) >= 11 is 12.2. The van der Waals surface area contributed by atoms with Crippen molar-refractivity contribution in [2.75, 3.05) is 0 Å². The number of nitrogens with zero attached hydrogens (tertiary/aromatic N) is 3. The van der Waals surface area contributed by atoms with Gasteiger partial charge in [-0.2, -0.15) is 5.10 Å². The summed E-state index contributed by atoms with van der Waals surface area (Å²) in [6, 6.07) is 1.77. The van der Waals surface area contributed by atoms with Crippen molar-refractivity contribution in [3.8, 4) is 0 Å². The van der Waals surface area contributed by atoms with Crippen LogP contribution in [0.5, 0.6) is 0 Å². The largest absolute Gasteiger partial charge is 0.216 e. The van der Waals surface area contributed by atoms with Gasteiger partial charge in [0.1, 0.15) is 10.3 Å². The first-order chi connectivity index (χ1) is 6.74. The molecule has 0 radical (unpaired) electrons. The Morgan fingerprint density at radius 3 is 2.93 bits per heavy atom. The molecule has 0 saturated heterocycles. The molecule has 74 valence electrons. The van der Waals surface area contributed by atoms with E-state index in [1.165, 1.54) is 0 Å². The maximum atomic E-state index is 6.14. The van der Waals surface area contributed by atoms with Crippen molar-refractivity contribution in [1.82, 2.24) is 14.6 Å². The molecule has 0 bridgehead atoms. The zero-order valence-electron chi connectivity index (χ0n) is 7.67. The Bertz CT molecular complexity index is 464. The van der Waals surface area contributed by atoms with E-state index in [0.717, 1.165) is 18.4 Å². The average Bonchev–Trinajstić information content (AvgIpc) is 2.60. The van der Waals surface area contributed by atoms with E-state index in [9.17, 15) is 0 Å². The summed E-state index contributed by atoms with van der Waals surface area (Å²) in [5, 5.41) is 5.10. The molecular weight excluding hydrogens is 221 g/mol. The van der Waals surface area contributed by atoms with Crippen LogP contribution in [-0.4, -0.2) is 14.6 Å². The van der Waals surface area contributed by atoms with Crippen LogP contribution >= 0.6 is 23.2 Å². The minimum atomic E-state index is 0.477. The molecule has 14 heavy (non-hydrogen) atoms. The second-order valence-electron chi connectivity index (χ2n) is 3.02. The summed E-state index contributed by atoms with van der Waals surface area (Å²) in [7, 11) is 0. The minimum absolute atomic E-state index is 0.477. The van der Waals surface area contributed by atoms with Gasteiger partial charge in [-0.3, -0.25) is 0 Å². The molecule has 2 rings (SSSR count). The van der Waals surface area contributed by atoms with Crippen LogP contribution in [0.1, 0.15) is 18.9 Å². The molecule has 2 aromatic rings. The van der Waals surface area contributed by atoms with E-state index in [4.69, 9.17) is 23.2 Å². The van der Waals surface area contributed by atoms with Crippen molar-refractivity contribution in [2.24, 2.45) is 0 Å². The number of halogens is 2. The first-order valence-corrected chi connectivity index (χ1v) is 5.17. The molecule has 0 aliphatic carbocycles. The quantitative estimate of drug-likeness (QED) is 0.742. The third-order valence-corrected chi connectivity index (χ3v) is 2.72. The van der Waals surface area contributed by atoms with Gasteiger partial charge in [0.05, 0.1) is 6.20 Å². The highest BCUT2D eigenvalue weighted by Gasteiger charge is 2.11. The highest BCUT2D eigenvalue weighted by molar-refractivity contribution is 6.34. The molecule has 2 heterocycles. The van der Waals surface area contributed by atoms with Gasteiger partial charge in [-0.15, -0.1) is 0 Å². The molecule has 5 heteroatoms. The molecule has 0 atom stereocenters. The lowest BCUT2D eigenvalue weighted by molar-refractivity contribution is 0.865. The maximum Gasteiger partial charge on any atom is 0.158 e. The van der Waals surface area contributed by atoms with E-state index in [1.807, 2.05) is 0 Å². The first kappa shape index (κ1) is 9.74. The van der Waals surface area contributed by atoms with E-state index < -0.39 is 0 Å². The van der Waals surface area contributed by atoms with Gasteiger partial charge in [-0.25, -0.2) is 9.50 Å². The van der Waals surface area contributed by atoms with E-state index >= 15 is 0 Å². The van der Waals surface area contributed by atoms with E-state index in [-0.39, 0.29) is 0 Å². The maximum absolute atomic E-state index is 6.14. The van der Waals surface area contributed by atoms with Crippen LogP contribution in [0.25, 0.3) is 5.65 Å². The molecule has 0 N–H and O–H groups in total. The number of rotatable bonds is 2. The third-order valence-electron chi connectivity index (χ3n) is 2.02. The third kappa shape index (κ3) is 1.47. The van der Waals surface area contributed by atoms with Gasteiger partial charge in [0.15, 0.2) is 5.65 Å². The lowest BCUT2D eigenvalue weighted by atomic mass is 10.2. The lowest BCUT2D eigenvalue weighted by Crippen LogP contribution is -1.99. The Balaban J connectivity index is 2.69. The topological polar surface area (TPSA) is 30.2 Å². The normalized spacial score (nSPS) is 11.1. The molecule has 0 spiro atoms. The number of fused-ring (bicyclic) bond motifs is 1. The van der Waals surface area contributed by atoms with Gasteiger partial charge in [0.2, 0.25) is 0 Å². The van der Waals surface area contributed by atoms with Gasteiger partial charge < -0.3 is 0 Å². The van der Waals surface area contributed by atoms with Crippen LogP contribution in [0.3, 0.4) is 0 Å². The Kier molecular flexibility index (Phi) is 2.61. The van der Waals surface area contributed by atoms with Crippen LogP contribution in [0, 0.1) is 0 Å². The Morgan fingerprint density at radius 2 is 2.21 bits per heavy atom. The van der Waals surface area contributed by atoms with Gasteiger partial charge in [0, 0.05) is 11.6 Å². The summed E-state index contributed by atoms with van der Waals surface area (Å²) in [6.45, 7) is 2.07. The predicted octanol–water partition coefficient (Wildman–Crippen LogP) is 2.99. The number of hydrogen-bond acceptors (Lipinski definition) is 2. The van der Waals surface area contributed by atoms with Gasteiger partial charge >= 0.3 is 0 Å². The Labute approximate surface area is 91.7 Å². The zero-order valence-corrected chi connectivity index (χ0v) is 9.18. The molecule has 0 unspecified atom stereocenters. The van der Waals surface area contributed by atoms with Gasteiger partial charge in [-0.1, -0.05) is 36.5 Å². The van der Waals surface area contributed by atoms with E-state index in [2.05, 4.69) is 17.0 Å². The van der Waals surface area contributed by atoms with E-state index in [1.54, 1.807) is 16.8 Å². The smallest absolute Gasteiger partial charge is 0.158 e. The SMILES string of the molecule is CCCc1c(Cl)nc2ccnn2c1Cl. The molecule has 3 nitrogen and oxygen atoms in total. The summed E-state index contributed by atoms with van der Waals surface area (Å²) in [4.78, 5) is 4.20. The molecule has 0 aliphatic heterocycles. The standard InChI is InChI=1S/C9H9Cl2N3/c1-2-3-6-8(10)13-7-4-5-12-14(7)9(6)11/h4-5H,2-3H2,1H3. The van der Waals surface area contributed by atoms with Crippen LogP contribution in [-0.2, 0) is 6.42 Å². The fourth-order valence-electron chi connectivity index (χ4n) is 1.37. The first-order valence-electron chi connectivity index (χ1n) is 4.41.